The lowest BCUT2D eigenvalue weighted by Gasteiger charge is -2.42. The smallest absolute Gasteiger partial charge is 0.260 e. The quantitative estimate of drug-likeness (QED) is 0.482. The van der Waals surface area contributed by atoms with Gasteiger partial charge in [-0.2, -0.15) is 0 Å². The number of halogens is 3. The van der Waals surface area contributed by atoms with Gasteiger partial charge < -0.3 is 15.4 Å². The highest BCUT2D eigenvalue weighted by Gasteiger charge is 2.47. The van der Waals surface area contributed by atoms with E-state index >= 15 is 4.39 Å². The number of benzene rings is 2. The van der Waals surface area contributed by atoms with Gasteiger partial charge in [-0.3, -0.25) is 9.36 Å². The molecule has 37 heavy (non-hydrogen) atoms. The van der Waals surface area contributed by atoms with E-state index in [2.05, 4.69) is 16.7 Å². The molecule has 0 saturated carbocycles. The van der Waals surface area contributed by atoms with Crippen LogP contribution < -0.4 is 16.2 Å². The molecule has 0 bridgehead atoms. The fourth-order valence-corrected chi connectivity index (χ4v) is 5.95. The molecule has 1 fully saturated rings. The van der Waals surface area contributed by atoms with Gasteiger partial charge in [0, 0.05) is 37.9 Å². The summed E-state index contributed by atoms with van der Waals surface area (Å²) in [4.78, 5) is 19.9. The van der Waals surface area contributed by atoms with Gasteiger partial charge in [0.2, 0.25) is 0 Å². The molecule has 2 aliphatic rings. The van der Waals surface area contributed by atoms with Crippen molar-refractivity contribution in [2.24, 2.45) is 11.1 Å². The molecule has 1 saturated heterocycles. The van der Waals surface area contributed by atoms with E-state index in [-0.39, 0.29) is 29.4 Å². The zero-order valence-corrected chi connectivity index (χ0v) is 22.2. The Bertz CT molecular complexity index is 1490. The topological polar surface area (TPSA) is 73.4 Å². The van der Waals surface area contributed by atoms with E-state index in [4.69, 9.17) is 38.7 Å². The molecule has 0 unspecified atom stereocenters. The number of fused-ring (bicyclic) bond motifs is 1. The number of aryl methyl sites for hydroxylation is 1. The van der Waals surface area contributed by atoms with E-state index in [1.54, 1.807) is 32.2 Å². The summed E-state index contributed by atoms with van der Waals surface area (Å²) in [7, 11) is 1.57. The molecular formula is C28H27Cl2FN4O2. The molecule has 3 aromatic rings. The van der Waals surface area contributed by atoms with Crippen molar-refractivity contribution in [3.05, 3.63) is 85.1 Å². The molecule has 6 nitrogen and oxygen atoms in total. The Morgan fingerprint density at radius 1 is 1.24 bits per heavy atom. The summed E-state index contributed by atoms with van der Waals surface area (Å²) in [5.41, 5.74) is 8.90. The van der Waals surface area contributed by atoms with Crippen molar-refractivity contribution in [2.75, 3.05) is 31.7 Å². The molecule has 0 amide bonds. The minimum absolute atomic E-state index is 0.235. The van der Waals surface area contributed by atoms with Crippen LogP contribution in [0.15, 0.2) is 41.2 Å². The predicted octanol–water partition coefficient (Wildman–Crippen LogP) is 4.83. The summed E-state index contributed by atoms with van der Waals surface area (Å²) in [6, 6.07) is 9.80. The molecule has 192 valence electrons. The van der Waals surface area contributed by atoms with Crippen LogP contribution in [0.1, 0.15) is 41.4 Å². The minimum Gasteiger partial charge on any atom is -0.372 e. The molecule has 0 radical (unpaired) electrons. The van der Waals surface area contributed by atoms with Crippen LogP contribution in [0.25, 0.3) is 5.69 Å². The zero-order valence-electron chi connectivity index (χ0n) is 20.7. The first-order chi connectivity index (χ1) is 17.7. The summed E-state index contributed by atoms with van der Waals surface area (Å²) >= 11 is 12.5. The molecule has 9 heteroatoms. The maximum Gasteiger partial charge on any atom is 0.260 e. The summed E-state index contributed by atoms with van der Waals surface area (Å²) in [6.45, 7) is 3.39. The van der Waals surface area contributed by atoms with E-state index in [1.807, 2.05) is 6.07 Å². The van der Waals surface area contributed by atoms with Crippen LogP contribution in [0.3, 0.4) is 0 Å². The van der Waals surface area contributed by atoms with Gasteiger partial charge in [0.15, 0.2) is 0 Å². The second kappa shape index (κ2) is 10.1. The monoisotopic (exact) mass is 540 g/mol. The maximum atomic E-state index is 15.0. The lowest BCUT2D eigenvalue weighted by atomic mass is 9.73. The molecule has 2 aromatic carbocycles. The van der Waals surface area contributed by atoms with E-state index in [1.165, 1.54) is 16.7 Å². The summed E-state index contributed by atoms with van der Waals surface area (Å²) in [5.74, 6) is 6.70. The normalized spacial score (nSPS) is 18.0. The zero-order chi connectivity index (χ0) is 26.3. The van der Waals surface area contributed by atoms with E-state index in [0.29, 0.717) is 58.0 Å². The van der Waals surface area contributed by atoms with Gasteiger partial charge in [-0.1, -0.05) is 41.1 Å². The van der Waals surface area contributed by atoms with E-state index in [9.17, 15) is 4.79 Å². The van der Waals surface area contributed by atoms with Gasteiger partial charge in [-0.25, -0.2) is 9.37 Å². The van der Waals surface area contributed by atoms with Crippen LogP contribution in [0.5, 0.6) is 0 Å². The third-order valence-electron chi connectivity index (χ3n) is 7.53. The van der Waals surface area contributed by atoms with Crippen molar-refractivity contribution >= 4 is 29.0 Å². The van der Waals surface area contributed by atoms with Gasteiger partial charge in [0.25, 0.3) is 5.56 Å². The van der Waals surface area contributed by atoms with Crippen molar-refractivity contribution in [3.8, 4) is 17.5 Å². The standard InChI is InChI=1S/C28H27Cl2FN4O2/c1-17-33-24(15-25(36)35(17)23-7-3-6-21(29)26(23)30)34-10-8-28(9-11-34)16-20-19(27(28)32)13-18(14-22(20)31)5-4-12-37-2/h3,6-7,13-15,27H,8-12,16,32H2,1-2H3/t27-/m1/s1. The van der Waals surface area contributed by atoms with E-state index in [0.717, 1.165) is 18.4 Å². The lowest BCUT2D eigenvalue weighted by Crippen LogP contribution is -2.45. The number of methoxy groups -OCH3 is 1. The Hall–Kier alpha value is -2.89. The maximum absolute atomic E-state index is 15.0. The van der Waals surface area contributed by atoms with Gasteiger partial charge in [-0.05, 0) is 67.0 Å². The van der Waals surface area contributed by atoms with Crippen LogP contribution in [0.2, 0.25) is 10.0 Å². The molecule has 2 heterocycles. The minimum atomic E-state index is -0.281. The largest absolute Gasteiger partial charge is 0.372 e. The second-order valence-corrected chi connectivity index (χ2v) is 10.5. The first-order valence-electron chi connectivity index (χ1n) is 12.1. The fourth-order valence-electron chi connectivity index (χ4n) is 5.57. The third kappa shape index (κ3) is 4.64. The van der Waals surface area contributed by atoms with Crippen LogP contribution in [-0.4, -0.2) is 36.4 Å². The number of ether oxygens (including phenoxy) is 1. The van der Waals surface area contributed by atoms with Gasteiger partial charge in [-0.15, -0.1) is 0 Å². The number of nitrogens with zero attached hydrogens (tertiary/aromatic N) is 3. The van der Waals surface area contributed by atoms with Crippen molar-refractivity contribution < 1.29 is 9.13 Å². The third-order valence-corrected chi connectivity index (χ3v) is 8.34. The Balaban J connectivity index is 1.36. The number of hydrogen-bond donors (Lipinski definition) is 1. The average molecular weight is 541 g/mol. The molecule has 1 aliphatic heterocycles. The highest BCUT2D eigenvalue weighted by molar-refractivity contribution is 6.43. The predicted molar refractivity (Wildman–Crippen MR) is 144 cm³/mol. The first kappa shape index (κ1) is 25.7. The molecule has 1 aliphatic carbocycles. The average Bonchev–Trinajstić information content (AvgIpc) is 3.14. The van der Waals surface area contributed by atoms with Crippen molar-refractivity contribution in [3.63, 3.8) is 0 Å². The number of aromatic nitrogens is 2. The van der Waals surface area contributed by atoms with Crippen LogP contribution >= 0.6 is 23.2 Å². The molecule has 2 N–H and O–H groups in total. The number of anilines is 1. The molecule has 5 rings (SSSR count). The number of rotatable bonds is 3. The van der Waals surface area contributed by atoms with E-state index < -0.39 is 0 Å². The van der Waals surface area contributed by atoms with Crippen molar-refractivity contribution in [1.82, 2.24) is 9.55 Å². The van der Waals surface area contributed by atoms with Crippen LogP contribution in [-0.2, 0) is 11.2 Å². The SMILES string of the molecule is COCC#Cc1cc(F)c2c(c1)[C@@H](N)C1(CCN(c3cc(=O)n(-c4cccc(Cl)c4Cl)c(C)n3)CC1)C2. The molecular weight excluding hydrogens is 514 g/mol. The Kier molecular flexibility index (Phi) is 7.03. The van der Waals surface area contributed by atoms with Crippen molar-refractivity contribution in [2.45, 2.75) is 32.2 Å². The Morgan fingerprint density at radius 3 is 2.70 bits per heavy atom. The van der Waals surface area contributed by atoms with Gasteiger partial charge >= 0.3 is 0 Å². The van der Waals surface area contributed by atoms with Crippen LogP contribution in [0.4, 0.5) is 10.2 Å². The number of hydrogen-bond acceptors (Lipinski definition) is 5. The lowest BCUT2D eigenvalue weighted by molar-refractivity contribution is 0.186. The molecule has 1 spiro atoms. The summed E-state index contributed by atoms with van der Waals surface area (Å²) < 4.78 is 21.4. The highest BCUT2D eigenvalue weighted by atomic mass is 35.5. The summed E-state index contributed by atoms with van der Waals surface area (Å²) in [6.07, 6.45) is 2.12. The van der Waals surface area contributed by atoms with Crippen LogP contribution in [0, 0.1) is 30.0 Å². The van der Waals surface area contributed by atoms with Gasteiger partial charge in [0.1, 0.15) is 24.1 Å². The first-order valence-corrected chi connectivity index (χ1v) is 12.9. The number of piperidine rings is 1. The Labute approximate surface area is 225 Å². The second-order valence-electron chi connectivity index (χ2n) is 9.67. The van der Waals surface area contributed by atoms with Gasteiger partial charge in [0.05, 0.1) is 15.7 Å². The molecule has 1 atom stereocenters. The Morgan fingerprint density at radius 2 is 2.00 bits per heavy atom. The summed E-state index contributed by atoms with van der Waals surface area (Å²) in [5, 5.41) is 0.675. The van der Waals surface area contributed by atoms with Crippen molar-refractivity contribution in [1.29, 1.82) is 0 Å². The fraction of sp³-hybridized carbons (Fsp3) is 0.357. The molecule has 1 aromatic heterocycles. The highest BCUT2D eigenvalue weighted by Crippen LogP contribution is 2.51. The number of nitrogens with two attached hydrogens (primary N) is 1.